The highest BCUT2D eigenvalue weighted by Crippen LogP contribution is 2.36. The number of ether oxygens (including phenoxy) is 1. The van der Waals surface area contributed by atoms with Crippen LogP contribution in [0.4, 0.5) is 8.78 Å². The van der Waals surface area contributed by atoms with Crippen molar-refractivity contribution < 1.29 is 23.4 Å². The molecule has 0 amide bonds. The Labute approximate surface area is 188 Å². The zero-order valence-corrected chi connectivity index (χ0v) is 17.7. The van der Waals surface area contributed by atoms with Crippen molar-refractivity contribution in [3.8, 4) is 22.7 Å². The van der Waals surface area contributed by atoms with Crippen LogP contribution in [-0.4, -0.2) is 15.6 Å². The third-order valence-corrected chi connectivity index (χ3v) is 5.29. The second kappa shape index (κ2) is 8.85. The molecule has 1 heterocycles. The van der Waals surface area contributed by atoms with Crippen LogP contribution in [0.3, 0.4) is 0 Å². The van der Waals surface area contributed by atoms with Crippen LogP contribution in [0, 0.1) is 18.6 Å². The van der Waals surface area contributed by atoms with E-state index >= 15 is 4.39 Å². The zero-order valence-electron chi connectivity index (χ0n) is 17.0. The molecule has 1 N–H and O–H groups in total. The monoisotopic (exact) mass is 453 g/mol. The van der Waals surface area contributed by atoms with Gasteiger partial charge in [-0.2, -0.15) is 0 Å². The van der Waals surface area contributed by atoms with Gasteiger partial charge in [0.2, 0.25) is 0 Å². The van der Waals surface area contributed by atoms with Gasteiger partial charge in [-0.15, -0.1) is 0 Å². The van der Waals surface area contributed by atoms with Crippen LogP contribution >= 0.6 is 11.6 Å². The molecule has 0 saturated carbocycles. The standard InChI is InChI=1S/C25H18ClF2NO3/c1-15-5-11-21(29(15)22-4-2-3-19(24(22)28)25(30)31)20-13-17(26)8-12-23(20)32-14-16-6-9-18(27)10-7-16/h2-13H,14H2,1H3,(H,30,31). The van der Waals surface area contributed by atoms with E-state index in [-0.39, 0.29) is 18.1 Å². The Kier molecular flexibility index (Phi) is 5.97. The Hall–Kier alpha value is -3.64. The molecule has 4 aromatic rings. The molecule has 0 radical (unpaired) electrons. The van der Waals surface area contributed by atoms with Gasteiger partial charge in [0.25, 0.3) is 0 Å². The van der Waals surface area contributed by atoms with Crippen molar-refractivity contribution in [1.29, 1.82) is 0 Å². The fourth-order valence-corrected chi connectivity index (χ4v) is 3.67. The molecule has 7 heteroatoms. The number of aryl methyl sites for hydroxylation is 1. The van der Waals surface area contributed by atoms with E-state index in [2.05, 4.69) is 0 Å². The number of carboxylic acid groups (broad SMARTS) is 1. The molecule has 0 unspecified atom stereocenters. The Morgan fingerprint density at radius 1 is 1.03 bits per heavy atom. The minimum absolute atomic E-state index is 0.104. The normalized spacial score (nSPS) is 10.9. The molecule has 0 saturated heterocycles. The molecular weight excluding hydrogens is 436 g/mol. The van der Waals surface area contributed by atoms with Crippen molar-refractivity contribution in [2.75, 3.05) is 0 Å². The zero-order chi connectivity index (χ0) is 22.8. The summed E-state index contributed by atoms with van der Waals surface area (Å²) in [6.45, 7) is 1.98. The van der Waals surface area contributed by atoms with Gasteiger partial charge < -0.3 is 14.4 Å². The van der Waals surface area contributed by atoms with Gasteiger partial charge in [-0.25, -0.2) is 13.6 Å². The largest absolute Gasteiger partial charge is 0.488 e. The first-order valence-electron chi connectivity index (χ1n) is 9.73. The van der Waals surface area contributed by atoms with Gasteiger partial charge in [-0.3, -0.25) is 0 Å². The fraction of sp³-hybridized carbons (Fsp3) is 0.0800. The van der Waals surface area contributed by atoms with Gasteiger partial charge in [0.05, 0.1) is 16.9 Å². The smallest absolute Gasteiger partial charge is 0.338 e. The summed E-state index contributed by atoms with van der Waals surface area (Å²) in [5, 5.41) is 9.77. The molecule has 0 aliphatic rings. The number of hydrogen-bond donors (Lipinski definition) is 1. The summed E-state index contributed by atoms with van der Waals surface area (Å²) in [6.07, 6.45) is 0. The van der Waals surface area contributed by atoms with Gasteiger partial charge in [-0.05, 0) is 67.1 Å². The Bertz CT molecular complexity index is 1300. The quantitative estimate of drug-likeness (QED) is 0.355. The second-order valence-corrected chi connectivity index (χ2v) is 7.63. The van der Waals surface area contributed by atoms with E-state index in [1.165, 1.54) is 30.3 Å². The lowest BCUT2D eigenvalue weighted by Crippen LogP contribution is -2.08. The molecule has 0 aliphatic carbocycles. The van der Waals surface area contributed by atoms with E-state index in [1.807, 2.05) is 0 Å². The molecule has 0 spiro atoms. The molecule has 0 aliphatic heterocycles. The average molecular weight is 454 g/mol. The number of hydrogen-bond acceptors (Lipinski definition) is 2. The highest BCUT2D eigenvalue weighted by atomic mass is 35.5. The average Bonchev–Trinajstić information content (AvgIpc) is 3.15. The number of halogens is 3. The number of rotatable bonds is 6. The van der Waals surface area contributed by atoms with Crippen LogP contribution in [0.2, 0.25) is 5.02 Å². The van der Waals surface area contributed by atoms with Gasteiger partial charge in [0.15, 0.2) is 5.82 Å². The van der Waals surface area contributed by atoms with Crippen molar-refractivity contribution in [3.63, 3.8) is 0 Å². The molecule has 1 aromatic heterocycles. The van der Waals surface area contributed by atoms with E-state index in [9.17, 15) is 14.3 Å². The van der Waals surface area contributed by atoms with Gasteiger partial charge in [0, 0.05) is 16.3 Å². The van der Waals surface area contributed by atoms with Crippen LogP contribution in [0.25, 0.3) is 16.9 Å². The summed E-state index contributed by atoms with van der Waals surface area (Å²) in [5.41, 5.74) is 2.35. The van der Waals surface area contributed by atoms with E-state index in [1.54, 1.807) is 54.0 Å². The summed E-state index contributed by atoms with van der Waals surface area (Å²) < 4.78 is 35.8. The summed E-state index contributed by atoms with van der Waals surface area (Å²) in [4.78, 5) is 11.4. The number of nitrogens with zero attached hydrogens (tertiary/aromatic N) is 1. The maximum Gasteiger partial charge on any atom is 0.338 e. The van der Waals surface area contributed by atoms with Crippen LogP contribution in [0.5, 0.6) is 5.75 Å². The van der Waals surface area contributed by atoms with Crippen LogP contribution in [0.1, 0.15) is 21.6 Å². The first-order valence-corrected chi connectivity index (χ1v) is 10.1. The highest BCUT2D eigenvalue weighted by Gasteiger charge is 2.20. The fourth-order valence-electron chi connectivity index (χ4n) is 3.50. The van der Waals surface area contributed by atoms with E-state index < -0.39 is 17.3 Å². The SMILES string of the molecule is Cc1ccc(-c2cc(Cl)ccc2OCc2ccc(F)cc2)n1-c1cccc(C(=O)O)c1F. The third kappa shape index (κ3) is 4.22. The predicted molar refractivity (Wildman–Crippen MR) is 119 cm³/mol. The van der Waals surface area contributed by atoms with Crippen LogP contribution in [-0.2, 0) is 6.61 Å². The topological polar surface area (TPSA) is 51.5 Å². The van der Waals surface area contributed by atoms with Crippen molar-refractivity contribution in [2.24, 2.45) is 0 Å². The highest BCUT2D eigenvalue weighted by molar-refractivity contribution is 6.31. The Balaban J connectivity index is 1.79. The minimum atomic E-state index is -1.35. The number of carbonyl (C=O) groups is 1. The maximum absolute atomic E-state index is 15.1. The number of carboxylic acids is 1. The molecule has 0 bridgehead atoms. The van der Waals surface area contributed by atoms with Crippen LogP contribution < -0.4 is 4.74 Å². The molecule has 3 aromatic carbocycles. The number of aromatic nitrogens is 1. The lowest BCUT2D eigenvalue weighted by Gasteiger charge is -2.17. The van der Waals surface area contributed by atoms with Gasteiger partial charge >= 0.3 is 5.97 Å². The van der Waals surface area contributed by atoms with Crippen molar-refractivity contribution in [1.82, 2.24) is 4.57 Å². The predicted octanol–water partition coefficient (Wildman–Crippen LogP) is 6.66. The first kappa shape index (κ1) is 21.6. The molecule has 4 nitrogen and oxygen atoms in total. The third-order valence-electron chi connectivity index (χ3n) is 5.05. The molecule has 32 heavy (non-hydrogen) atoms. The minimum Gasteiger partial charge on any atom is -0.488 e. The summed E-state index contributed by atoms with van der Waals surface area (Å²) in [7, 11) is 0. The van der Waals surface area contributed by atoms with Crippen LogP contribution in [0.15, 0.2) is 72.8 Å². The summed E-state index contributed by atoms with van der Waals surface area (Å²) >= 11 is 6.25. The van der Waals surface area contributed by atoms with E-state index in [0.29, 0.717) is 27.7 Å². The molecule has 4 rings (SSSR count). The Morgan fingerprint density at radius 2 is 1.78 bits per heavy atom. The number of benzene rings is 3. The summed E-state index contributed by atoms with van der Waals surface area (Å²) in [5.74, 6) is -2.02. The maximum atomic E-state index is 15.1. The lowest BCUT2D eigenvalue weighted by molar-refractivity contribution is 0.0692. The van der Waals surface area contributed by atoms with Gasteiger partial charge in [0.1, 0.15) is 18.2 Å². The van der Waals surface area contributed by atoms with Gasteiger partial charge in [-0.1, -0.05) is 29.8 Å². The van der Waals surface area contributed by atoms with Crippen molar-refractivity contribution in [3.05, 3.63) is 106 Å². The van der Waals surface area contributed by atoms with E-state index in [0.717, 1.165) is 5.56 Å². The summed E-state index contributed by atoms with van der Waals surface area (Å²) in [6, 6.07) is 18.9. The van der Waals surface area contributed by atoms with Crippen molar-refractivity contribution in [2.45, 2.75) is 13.5 Å². The lowest BCUT2D eigenvalue weighted by atomic mass is 10.1. The first-order chi connectivity index (χ1) is 15.3. The molecule has 0 fully saturated rings. The molecule has 162 valence electrons. The Morgan fingerprint density at radius 3 is 2.50 bits per heavy atom. The molecule has 0 atom stereocenters. The molecular formula is C25H18ClF2NO3. The van der Waals surface area contributed by atoms with E-state index in [4.69, 9.17) is 16.3 Å². The second-order valence-electron chi connectivity index (χ2n) is 7.19. The number of aromatic carboxylic acids is 1. The van der Waals surface area contributed by atoms with Crippen molar-refractivity contribution >= 4 is 17.6 Å².